The molecule has 37 heavy (non-hydrogen) atoms. The summed E-state index contributed by atoms with van der Waals surface area (Å²) in [4.78, 5) is 14.8. The molecule has 0 atom stereocenters. The first-order valence-electron chi connectivity index (χ1n) is 14.7. The molecule has 206 valence electrons. The largest absolute Gasteiger partial charge is 0.508 e. The number of urea groups is 1. The van der Waals surface area contributed by atoms with E-state index >= 15 is 0 Å². The number of benzene rings is 2. The van der Waals surface area contributed by atoms with Crippen LogP contribution in [0.5, 0.6) is 5.75 Å². The molecule has 0 fully saturated rings. The molecule has 0 aliphatic heterocycles. The first-order chi connectivity index (χ1) is 18.1. The Labute approximate surface area is 230 Å². The van der Waals surface area contributed by atoms with Crippen LogP contribution in [0, 0.1) is 0 Å². The van der Waals surface area contributed by atoms with E-state index in [0.717, 1.165) is 18.5 Å². The minimum absolute atomic E-state index is 0.161. The molecular weight excluding hydrogens is 480 g/mol. The Morgan fingerprint density at radius 3 is 1.81 bits per heavy atom. The van der Waals surface area contributed by atoms with Crippen molar-refractivity contribution in [3.8, 4) is 5.75 Å². The van der Waals surface area contributed by atoms with Crippen LogP contribution in [-0.4, -0.2) is 22.6 Å². The van der Waals surface area contributed by atoms with Crippen molar-refractivity contribution in [2.75, 3.05) is 11.9 Å². The number of amides is 2. The van der Waals surface area contributed by atoms with E-state index < -0.39 is 0 Å². The number of carbonyl (C=O) groups excluding carboxylic acids is 1. The molecule has 0 saturated carbocycles. The number of para-hydroxylation sites is 1. The zero-order valence-electron chi connectivity index (χ0n) is 23.0. The molecule has 2 rings (SSSR count). The molecule has 0 aliphatic rings. The number of phenols is 1. The summed E-state index contributed by atoms with van der Waals surface area (Å²) in [6.45, 7) is 3.24. The zero-order valence-corrected chi connectivity index (χ0v) is 23.8. The Kier molecular flexibility index (Phi) is 16.6. The maximum absolute atomic E-state index is 13.0. The molecule has 2 N–H and O–H groups in total. The molecule has 2 aromatic carbocycles. The van der Waals surface area contributed by atoms with Crippen LogP contribution in [0.2, 0.25) is 5.02 Å². The smallest absolute Gasteiger partial charge is 0.322 e. The van der Waals surface area contributed by atoms with Crippen LogP contribution in [0.1, 0.15) is 115 Å². The predicted molar refractivity (Wildman–Crippen MR) is 159 cm³/mol. The number of unbranched alkanes of at least 4 members (excludes halogenated alkanes) is 15. The van der Waals surface area contributed by atoms with Crippen molar-refractivity contribution in [3.63, 3.8) is 0 Å². The highest BCUT2D eigenvalue weighted by Gasteiger charge is 2.16. The number of carbonyl (C=O) groups is 1. The number of anilines is 1. The first kappa shape index (κ1) is 31.0. The van der Waals surface area contributed by atoms with E-state index in [2.05, 4.69) is 12.2 Å². The van der Waals surface area contributed by atoms with Gasteiger partial charge in [0.25, 0.3) is 0 Å². The molecule has 2 aromatic rings. The van der Waals surface area contributed by atoms with E-state index in [4.69, 9.17) is 11.6 Å². The van der Waals surface area contributed by atoms with Gasteiger partial charge in [-0.05, 0) is 36.8 Å². The maximum atomic E-state index is 13.0. The highest BCUT2D eigenvalue weighted by atomic mass is 35.5. The molecule has 0 saturated heterocycles. The van der Waals surface area contributed by atoms with Gasteiger partial charge in [-0.3, -0.25) is 0 Å². The van der Waals surface area contributed by atoms with E-state index in [1.807, 2.05) is 30.3 Å². The molecule has 0 heterocycles. The number of phenolic OH excluding ortho intramolecular Hbond substituents is 1. The van der Waals surface area contributed by atoms with Crippen LogP contribution in [0.3, 0.4) is 0 Å². The Balaban J connectivity index is 1.61. The number of halogens is 1. The Hall–Kier alpha value is -2.20. The topological polar surface area (TPSA) is 52.6 Å². The Bertz CT molecular complexity index is 859. The summed E-state index contributed by atoms with van der Waals surface area (Å²) in [7, 11) is 0. The highest BCUT2D eigenvalue weighted by Crippen LogP contribution is 2.24. The fraction of sp³-hybridized carbons (Fsp3) is 0.594. The lowest BCUT2D eigenvalue weighted by atomic mass is 10.0. The van der Waals surface area contributed by atoms with Gasteiger partial charge in [-0.15, -0.1) is 0 Å². The van der Waals surface area contributed by atoms with Gasteiger partial charge < -0.3 is 15.3 Å². The summed E-state index contributed by atoms with van der Waals surface area (Å²) in [6.07, 6.45) is 21.2. The minimum Gasteiger partial charge on any atom is -0.508 e. The van der Waals surface area contributed by atoms with Gasteiger partial charge in [0.1, 0.15) is 5.75 Å². The standard InChI is InChI=1S/C32H49ClN2O2/c1-2-3-4-5-6-7-8-9-10-11-12-13-14-15-16-20-25-35(27-28-26-29(33)23-24-31(28)36)32(37)34-30-21-18-17-19-22-30/h17-19,21-24,26,36H,2-16,20,25,27H2,1H3,(H,34,37). The van der Waals surface area contributed by atoms with Crippen molar-refractivity contribution in [2.24, 2.45) is 0 Å². The molecule has 0 bridgehead atoms. The minimum atomic E-state index is -0.161. The third-order valence-electron chi connectivity index (χ3n) is 7.00. The summed E-state index contributed by atoms with van der Waals surface area (Å²) in [6, 6.07) is 14.3. The van der Waals surface area contributed by atoms with Crippen LogP contribution in [-0.2, 0) is 6.54 Å². The fourth-order valence-corrected chi connectivity index (χ4v) is 4.91. The molecule has 0 unspecified atom stereocenters. The second kappa shape index (κ2) is 19.9. The summed E-state index contributed by atoms with van der Waals surface area (Å²) in [5, 5.41) is 13.8. The molecule has 0 spiro atoms. The van der Waals surface area contributed by atoms with Crippen molar-refractivity contribution in [1.29, 1.82) is 0 Å². The van der Waals surface area contributed by atoms with Crippen LogP contribution in [0.4, 0.5) is 10.5 Å². The van der Waals surface area contributed by atoms with Gasteiger partial charge in [0.15, 0.2) is 0 Å². The van der Waals surface area contributed by atoms with Crippen molar-refractivity contribution >= 4 is 23.3 Å². The van der Waals surface area contributed by atoms with E-state index in [1.165, 1.54) is 89.9 Å². The number of hydrogen-bond donors (Lipinski definition) is 2. The summed E-state index contributed by atoms with van der Waals surface area (Å²) in [5.74, 6) is 0.161. The van der Waals surface area contributed by atoms with Crippen LogP contribution in [0.25, 0.3) is 0 Å². The van der Waals surface area contributed by atoms with Gasteiger partial charge in [0.2, 0.25) is 0 Å². The normalized spacial score (nSPS) is 11.0. The SMILES string of the molecule is CCCCCCCCCCCCCCCCCCN(Cc1cc(Cl)ccc1O)C(=O)Nc1ccccc1. The van der Waals surface area contributed by atoms with E-state index in [9.17, 15) is 9.90 Å². The van der Waals surface area contributed by atoms with E-state index in [0.29, 0.717) is 23.7 Å². The lowest BCUT2D eigenvalue weighted by Crippen LogP contribution is -2.35. The average molecular weight is 529 g/mol. The Morgan fingerprint density at radius 2 is 1.27 bits per heavy atom. The molecule has 0 radical (unpaired) electrons. The van der Waals surface area contributed by atoms with Crippen LogP contribution >= 0.6 is 11.6 Å². The average Bonchev–Trinajstić information content (AvgIpc) is 2.90. The Morgan fingerprint density at radius 1 is 0.757 bits per heavy atom. The molecule has 0 aromatic heterocycles. The number of nitrogens with zero attached hydrogens (tertiary/aromatic N) is 1. The van der Waals surface area contributed by atoms with Crippen molar-refractivity contribution in [1.82, 2.24) is 4.90 Å². The zero-order chi connectivity index (χ0) is 26.6. The fourth-order valence-electron chi connectivity index (χ4n) is 4.71. The summed E-state index contributed by atoms with van der Waals surface area (Å²) < 4.78 is 0. The lowest BCUT2D eigenvalue weighted by Gasteiger charge is -2.24. The van der Waals surface area contributed by atoms with Gasteiger partial charge in [0, 0.05) is 22.8 Å². The predicted octanol–water partition coefficient (Wildman–Crippen LogP) is 10.3. The van der Waals surface area contributed by atoms with Gasteiger partial charge in [-0.1, -0.05) is 133 Å². The molecule has 0 aliphatic carbocycles. The van der Waals surface area contributed by atoms with Crippen molar-refractivity contribution in [2.45, 2.75) is 116 Å². The monoisotopic (exact) mass is 528 g/mol. The summed E-state index contributed by atoms with van der Waals surface area (Å²) >= 11 is 6.13. The lowest BCUT2D eigenvalue weighted by molar-refractivity contribution is 0.207. The highest BCUT2D eigenvalue weighted by molar-refractivity contribution is 6.30. The van der Waals surface area contributed by atoms with Gasteiger partial charge in [-0.2, -0.15) is 0 Å². The van der Waals surface area contributed by atoms with E-state index in [1.54, 1.807) is 23.1 Å². The van der Waals surface area contributed by atoms with E-state index in [-0.39, 0.29) is 11.8 Å². The number of nitrogens with one attached hydrogen (secondary N) is 1. The second-order valence-electron chi connectivity index (χ2n) is 10.3. The quantitative estimate of drug-likeness (QED) is 0.168. The third kappa shape index (κ3) is 14.4. The number of hydrogen-bond acceptors (Lipinski definition) is 2. The number of aromatic hydroxyl groups is 1. The molecule has 2 amide bonds. The van der Waals surface area contributed by atoms with Crippen LogP contribution in [0.15, 0.2) is 48.5 Å². The first-order valence-corrected chi connectivity index (χ1v) is 15.1. The molecule has 4 nitrogen and oxygen atoms in total. The van der Waals surface area contributed by atoms with Crippen LogP contribution < -0.4 is 5.32 Å². The molecule has 5 heteroatoms. The van der Waals surface area contributed by atoms with Crippen molar-refractivity contribution in [3.05, 3.63) is 59.1 Å². The van der Waals surface area contributed by atoms with Gasteiger partial charge in [0.05, 0.1) is 6.54 Å². The van der Waals surface area contributed by atoms with Gasteiger partial charge in [-0.25, -0.2) is 4.79 Å². The van der Waals surface area contributed by atoms with Crippen molar-refractivity contribution < 1.29 is 9.90 Å². The molecular formula is C32H49ClN2O2. The number of rotatable bonds is 20. The second-order valence-corrected chi connectivity index (χ2v) is 10.7. The van der Waals surface area contributed by atoms with Gasteiger partial charge >= 0.3 is 6.03 Å². The third-order valence-corrected chi connectivity index (χ3v) is 7.23. The maximum Gasteiger partial charge on any atom is 0.322 e. The summed E-state index contributed by atoms with van der Waals surface area (Å²) in [5.41, 5.74) is 1.42.